The third kappa shape index (κ3) is 4.06. The number of piperazine rings is 1. The van der Waals surface area contributed by atoms with Crippen molar-refractivity contribution in [3.8, 4) is 11.1 Å². The summed E-state index contributed by atoms with van der Waals surface area (Å²) in [5, 5.41) is 0. The van der Waals surface area contributed by atoms with Gasteiger partial charge in [-0.25, -0.2) is 4.39 Å². The van der Waals surface area contributed by atoms with Gasteiger partial charge in [-0.05, 0) is 30.0 Å². The van der Waals surface area contributed by atoms with E-state index in [0.717, 1.165) is 56.7 Å². The Bertz CT molecular complexity index is 792. The van der Waals surface area contributed by atoms with Crippen molar-refractivity contribution in [2.24, 2.45) is 5.92 Å². The molecule has 142 valence electrons. The van der Waals surface area contributed by atoms with Crippen LogP contribution >= 0.6 is 0 Å². The van der Waals surface area contributed by atoms with E-state index >= 15 is 0 Å². The van der Waals surface area contributed by atoms with E-state index in [9.17, 15) is 9.18 Å². The van der Waals surface area contributed by atoms with Crippen LogP contribution in [0.15, 0.2) is 48.5 Å². The molecule has 27 heavy (non-hydrogen) atoms. The Balaban J connectivity index is 1.41. The summed E-state index contributed by atoms with van der Waals surface area (Å²) in [6.07, 6.45) is 4.52. The highest BCUT2D eigenvalue weighted by molar-refractivity contribution is 5.79. The quantitative estimate of drug-likeness (QED) is 0.804. The molecule has 0 N–H and O–H groups in total. The zero-order chi connectivity index (χ0) is 18.6. The first-order chi connectivity index (χ1) is 13.2. The second-order valence-electron chi connectivity index (χ2n) is 7.72. The number of rotatable bonds is 4. The highest BCUT2D eigenvalue weighted by Gasteiger charge is 2.29. The predicted molar refractivity (Wildman–Crippen MR) is 106 cm³/mol. The van der Waals surface area contributed by atoms with Gasteiger partial charge in [0.15, 0.2) is 0 Å². The van der Waals surface area contributed by atoms with Gasteiger partial charge in [0.2, 0.25) is 5.91 Å². The highest BCUT2D eigenvalue weighted by Crippen LogP contribution is 2.29. The molecule has 0 aromatic heterocycles. The largest absolute Gasteiger partial charge is 0.340 e. The first kappa shape index (κ1) is 18.2. The summed E-state index contributed by atoms with van der Waals surface area (Å²) in [5.41, 5.74) is 2.75. The second kappa shape index (κ2) is 8.22. The number of amides is 1. The molecule has 1 saturated carbocycles. The third-order valence-electron chi connectivity index (χ3n) is 5.96. The maximum absolute atomic E-state index is 14.3. The average molecular weight is 366 g/mol. The van der Waals surface area contributed by atoms with Crippen molar-refractivity contribution in [1.29, 1.82) is 0 Å². The maximum atomic E-state index is 14.3. The van der Waals surface area contributed by atoms with Gasteiger partial charge in [-0.2, -0.15) is 0 Å². The van der Waals surface area contributed by atoms with Crippen LogP contribution in [0, 0.1) is 11.7 Å². The van der Waals surface area contributed by atoms with E-state index in [4.69, 9.17) is 0 Å². The molecule has 4 heteroatoms. The van der Waals surface area contributed by atoms with E-state index in [1.54, 1.807) is 6.07 Å². The lowest BCUT2D eigenvalue weighted by atomic mass is 9.98. The van der Waals surface area contributed by atoms with Crippen LogP contribution in [-0.4, -0.2) is 41.9 Å². The number of halogens is 1. The van der Waals surface area contributed by atoms with Gasteiger partial charge < -0.3 is 4.90 Å². The van der Waals surface area contributed by atoms with Crippen molar-refractivity contribution < 1.29 is 9.18 Å². The Labute approximate surface area is 160 Å². The van der Waals surface area contributed by atoms with Gasteiger partial charge in [0, 0.05) is 44.2 Å². The Morgan fingerprint density at radius 3 is 2.22 bits per heavy atom. The lowest BCUT2D eigenvalue weighted by Crippen LogP contribution is -2.49. The van der Waals surface area contributed by atoms with Crippen LogP contribution in [-0.2, 0) is 11.3 Å². The Hall–Kier alpha value is -2.20. The number of carbonyl (C=O) groups excluding carboxylic acids is 1. The van der Waals surface area contributed by atoms with Crippen molar-refractivity contribution in [1.82, 2.24) is 9.80 Å². The number of hydrogen-bond acceptors (Lipinski definition) is 2. The Morgan fingerprint density at radius 2 is 1.52 bits per heavy atom. The monoisotopic (exact) mass is 366 g/mol. The molecular formula is C23H27FN2O. The summed E-state index contributed by atoms with van der Waals surface area (Å²) in [5.74, 6) is 0.439. The molecule has 2 fully saturated rings. The number of nitrogens with zero attached hydrogens (tertiary/aromatic N) is 2. The van der Waals surface area contributed by atoms with E-state index in [1.807, 2.05) is 30.3 Å². The third-order valence-corrected chi connectivity index (χ3v) is 5.96. The molecule has 1 saturated heterocycles. The lowest BCUT2D eigenvalue weighted by molar-refractivity contribution is -0.137. The van der Waals surface area contributed by atoms with E-state index in [2.05, 4.69) is 15.9 Å². The minimum absolute atomic E-state index is 0.183. The molecule has 2 aromatic carbocycles. The smallest absolute Gasteiger partial charge is 0.225 e. The van der Waals surface area contributed by atoms with Gasteiger partial charge in [-0.1, -0.05) is 55.3 Å². The molecule has 0 atom stereocenters. The van der Waals surface area contributed by atoms with Gasteiger partial charge in [0.05, 0.1) is 0 Å². The van der Waals surface area contributed by atoms with Gasteiger partial charge in [-0.15, -0.1) is 0 Å². The Morgan fingerprint density at radius 1 is 0.889 bits per heavy atom. The van der Waals surface area contributed by atoms with Crippen LogP contribution in [0.3, 0.4) is 0 Å². The van der Waals surface area contributed by atoms with Gasteiger partial charge in [0.25, 0.3) is 0 Å². The minimum Gasteiger partial charge on any atom is -0.340 e. The number of carbonyl (C=O) groups is 1. The van der Waals surface area contributed by atoms with Crippen molar-refractivity contribution in [3.63, 3.8) is 0 Å². The standard InChI is InChI=1S/C23H27FN2O/c24-22-12-6-5-11-21(22)20-10-4-3-9-19(20)17-25-13-15-26(16-14-25)23(27)18-7-1-2-8-18/h3-6,9-12,18H,1-2,7-8,13-17H2. The lowest BCUT2D eigenvalue weighted by Gasteiger charge is -2.36. The topological polar surface area (TPSA) is 23.6 Å². The maximum Gasteiger partial charge on any atom is 0.225 e. The van der Waals surface area contributed by atoms with E-state index in [0.29, 0.717) is 11.5 Å². The van der Waals surface area contributed by atoms with Crippen LogP contribution in [0.4, 0.5) is 4.39 Å². The van der Waals surface area contributed by atoms with Crippen LogP contribution in [0.5, 0.6) is 0 Å². The molecule has 1 aliphatic carbocycles. The number of hydrogen-bond donors (Lipinski definition) is 0. The van der Waals surface area contributed by atoms with Crippen molar-refractivity contribution in [2.75, 3.05) is 26.2 Å². The fraction of sp³-hybridized carbons (Fsp3) is 0.435. The molecule has 3 nitrogen and oxygen atoms in total. The summed E-state index contributed by atoms with van der Waals surface area (Å²) in [7, 11) is 0. The molecular weight excluding hydrogens is 339 g/mol. The minimum atomic E-state index is -0.183. The molecule has 0 spiro atoms. The molecule has 1 amide bonds. The van der Waals surface area contributed by atoms with Crippen molar-refractivity contribution in [2.45, 2.75) is 32.2 Å². The first-order valence-corrected chi connectivity index (χ1v) is 10.1. The van der Waals surface area contributed by atoms with Crippen LogP contribution < -0.4 is 0 Å². The second-order valence-corrected chi connectivity index (χ2v) is 7.72. The summed E-state index contributed by atoms with van der Waals surface area (Å²) < 4.78 is 14.3. The molecule has 0 radical (unpaired) electrons. The zero-order valence-electron chi connectivity index (χ0n) is 15.7. The Kier molecular flexibility index (Phi) is 5.53. The van der Waals surface area contributed by atoms with Crippen LogP contribution in [0.1, 0.15) is 31.2 Å². The summed E-state index contributed by atoms with van der Waals surface area (Å²) in [4.78, 5) is 17.0. The van der Waals surface area contributed by atoms with E-state index < -0.39 is 0 Å². The normalized spacial score (nSPS) is 18.8. The molecule has 4 rings (SSSR count). The molecule has 1 heterocycles. The average Bonchev–Trinajstić information content (AvgIpc) is 3.24. The molecule has 1 aliphatic heterocycles. The fourth-order valence-corrected chi connectivity index (χ4v) is 4.40. The van der Waals surface area contributed by atoms with Gasteiger partial charge in [-0.3, -0.25) is 9.69 Å². The SMILES string of the molecule is O=C(C1CCCC1)N1CCN(Cc2ccccc2-c2ccccc2F)CC1. The fourth-order valence-electron chi connectivity index (χ4n) is 4.40. The van der Waals surface area contributed by atoms with Crippen molar-refractivity contribution in [3.05, 3.63) is 59.9 Å². The summed E-state index contributed by atoms with van der Waals surface area (Å²) in [6, 6.07) is 15.0. The summed E-state index contributed by atoms with van der Waals surface area (Å²) in [6.45, 7) is 4.15. The van der Waals surface area contributed by atoms with Crippen LogP contribution in [0.2, 0.25) is 0 Å². The molecule has 0 bridgehead atoms. The highest BCUT2D eigenvalue weighted by atomic mass is 19.1. The molecule has 2 aromatic rings. The molecule has 0 unspecified atom stereocenters. The van der Waals surface area contributed by atoms with Gasteiger partial charge >= 0.3 is 0 Å². The number of benzene rings is 2. The zero-order valence-corrected chi connectivity index (χ0v) is 15.7. The summed E-state index contributed by atoms with van der Waals surface area (Å²) >= 11 is 0. The van der Waals surface area contributed by atoms with Crippen molar-refractivity contribution >= 4 is 5.91 Å². The van der Waals surface area contributed by atoms with E-state index in [-0.39, 0.29) is 11.7 Å². The van der Waals surface area contributed by atoms with Gasteiger partial charge in [0.1, 0.15) is 5.82 Å². The first-order valence-electron chi connectivity index (χ1n) is 10.1. The van der Waals surface area contributed by atoms with Crippen LogP contribution in [0.25, 0.3) is 11.1 Å². The molecule has 2 aliphatic rings. The predicted octanol–water partition coefficient (Wildman–Crippen LogP) is 4.33. The van der Waals surface area contributed by atoms with E-state index in [1.165, 1.54) is 18.9 Å².